The molecule has 0 bridgehead atoms. The molecule has 0 spiro atoms. The van der Waals surface area contributed by atoms with Crippen LogP contribution in [-0.4, -0.2) is 43.1 Å². The minimum atomic E-state index is -0.743. The van der Waals surface area contributed by atoms with Crippen molar-refractivity contribution in [3.05, 3.63) is 40.9 Å². The van der Waals surface area contributed by atoms with Crippen molar-refractivity contribution in [1.82, 2.24) is 19.8 Å². The van der Waals surface area contributed by atoms with Crippen LogP contribution in [0.4, 0.5) is 0 Å². The molecule has 8 heteroatoms. The number of halogens is 1. The number of carbonyl (C=O) groups is 1. The monoisotopic (exact) mass is 282 g/mol. The smallest absolute Gasteiger partial charge is 0.314 e. The number of benzene rings is 1. The second kappa shape index (κ2) is 5.35. The standard InChI is InChI=1S/C11H11ClN4O3/c1-15(19)11(18)10-13-9(6-17)14-16(10)8-4-2-3-7(12)5-8/h2-5,17,19H,6H2,1H3. The van der Waals surface area contributed by atoms with Gasteiger partial charge in [0.1, 0.15) is 6.61 Å². The fourth-order valence-electron chi connectivity index (χ4n) is 1.49. The number of aliphatic hydroxyl groups is 1. The van der Waals surface area contributed by atoms with Crippen LogP contribution in [0.5, 0.6) is 0 Å². The summed E-state index contributed by atoms with van der Waals surface area (Å²) in [5, 5.41) is 23.1. The van der Waals surface area contributed by atoms with Crippen molar-refractivity contribution in [1.29, 1.82) is 0 Å². The van der Waals surface area contributed by atoms with E-state index in [0.717, 1.165) is 0 Å². The van der Waals surface area contributed by atoms with Gasteiger partial charge in [-0.25, -0.2) is 14.7 Å². The van der Waals surface area contributed by atoms with Crippen molar-refractivity contribution in [2.75, 3.05) is 7.05 Å². The van der Waals surface area contributed by atoms with Crippen LogP contribution >= 0.6 is 11.6 Å². The maximum atomic E-state index is 11.8. The van der Waals surface area contributed by atoms with Crippen molar-refractivity contribution in [3.63, 3.8) is 0 Å². The van der Waals surface area contributed by atoms with Crippen LogP contribution < -0.4 is 0 Å². The number of hydrogen-bond acceptors (Lipinski definition) is 5. The summed E-state index contributed by atoms with van der Waals surface area (Å²) in [4.78, 5) is 15.7. The number of rotatable bonds is 3. The lowest BCUT2D eigenvalue weighted by Crippen LogP contribution is -2.26. The van der Waals surface area contributed by atoms with E-state index >= 15 is 0 Å². The first-order chi connectivity index (χ1) is 9.02. The molecule has 1 aromatic heterocycles. The first kappa shape index (κ1) is 13.5. The molecule has 0 atom stereocenters. The summed E-state index contributed by atoms with van der Waals surface area (Å²) in [5.74, 6) is -0.784. The zero-order valence-corrected chi connectivity index (χ0v) is 10.7. The third kappa shape index (κ3) is 2.73. The van der Waals surface area contributed by atoms with Gasteiger partial charge in [-0.3, -0.25) is 10.0 Å². The van der Waals surface area contributed by atoms with Crippen molar-refractivity contribution < 1.29 is 15.1 Å². The summed E-state index contributed by atoms with van der Waals surface area (Å²) in [5.41, 5.74) is 0.505. The number of aromatic nitrogens is 3. The average molecular weight is 283 g/mol. The molecule has 0 aliphatic heterocycles. The van der Waals surface area contributed by atoms with E-state index in [1.807, 2.05) is 0 Å². The van der Waals surface area contributed by atoms with Crippen LogP contribution in [0.3, 0.4) is 0 Å². The Kier molecular flexibility index (Phi) is 3.79. The Labute approximate surface area is 113 Å². The Morgan fingerprint density at radius 1 is 1.53 bits per heavy atom. The second-order valence-corrected chi connectivity index (χ2v) is 4.17. The van der Waals surface area contributed by atoms with E-state index in [2.05, 4.69) is 10.1 Å². The van der Waals surface area contributed by atoms with Crippen molar-refractivity contribution in [2.45, 2.75) is 6.61 Å². The third-order valence-electron chi connectivity index (χ3n) is 2.33. The molecule has 0 saturated heterocycles. The van der Waals surface area contributed by atoms with Crippen molar-refractivity contribution in [3.8, 4) is 5.69 Å². The summed E-state index contributed by atoms with van der Waals surface area (Å²) in [6.07, 6.45) is 0. The quantitative estimate of drug-likeness (QED) is 0.644. The highest BCUT2D eigenvalue weighted by Gasteiger charge is 2.21. The molecule has 100 valence electrons. The molecule has 2 aromatic rings. The zero-order chi connectivity index (χ0) is 14.0. The molecule has 0 unspecified atom stereocenters. The Morgan fingerprint density at radius 3 is 2.84 bits per heavy atom. The van der Waals surface area contributed by atoms with Gasteiger partial charge < -0.3 is 5.11 Å². The minimum absolute atomic E-state index is 0.0742. The van der Waals surface area contributed by atoms with Crippen LogP contribution in [0.2, 0.25) is 5.02 Å². The Morgan fingerprint density at radius 2 is 2.26 bits per heavy atom. The lowest BCUT2D eigenvalue weighted by atomic mass is 10.3. The largest absolute Gasteiger partial charge is 0.388 e. The van der Waals surface area contributed by atoms with Gasteiger partial charge in [0.15, 0.2) is 5.82 Å². The summed E-state index contributed by atoms with van der Waals surface area (Å²) in [7, 11) is 1.18. The number of hydrogen-bond donors (Lipinski definition) is 2. The third-order valence-corrected chi connectivity index (χ3v) is 2.57. The molecule has 0 aliphatic carbocycles. The number of carbonyl (C=O) groups excluding carboxylic acids is 1. The summed E-state index contributed by atoms with van der Waals surface area (Å²) in [6, 6.07) is 6.63. The fraction of sp³-hybridized carbons (Fsp3) is 0.182. The van der Waals surface area contributed by atoms with Crippen molar-refractivity contribution >= 4 is 17.5 Å². The molecule has 0 saturated carbocycles. The molecule has 0 fully saturated rings. The molecule has 7 nitrogen and oxygen atoms in total. The van der Waals surface area contributed by atoms with Crippen molar-refractivity contribution in [2.24, 2.45) is 0 Å². The highest BCUT2D eigenvalue weighted by molar-refractivity contribution is 6.30. The van der Waals surface area contributed by atoms with Gasteiger partial charge in [-0.05, 0) is 18.2 Å². The van der Waals surface area contributed by atoms with Gasteiger partial charge in [0, 0.05) is 12.1 Å². The number of aliphatic hydroxyl groups excluding tert-OH is 1. The molecule has 0 radical (unpaired) electrons. The van der Waals surface area contributed by atoms with Crippen LogP contribution in [0.15, 0.2) is 24.3 Å². The minimum Gasteiger partial charge on any atom is -0.388 e. The second-order valence-electron chi connectivity index (χ2n) is 3.73. The molecule has 1 heterocycles. The molecule has 19 heavy (non-hydrogen) atoms. The van der Waals surface area contributed by atoms with Gasteiger partial charge in [0.25, 0.3) is 0 Å². The maximum absolute atomic E-state index is 11.8. The Bertz CT molecular complexity index is 612. The van der Waals surface area contributed by atoms with E-state index in [1.165, 1.54) is 11.7 Å². The summed E-state index contributed by atoms with van der Waals surface area (Å²) < 4.78 is 1.21. The van der Waals surface area contributed by atoms with Gasteiger partial charge >= 0.3 is 5.91 Å². The summed E-state index contributed by atoms with van der Waals surface area (Å²) >= 11 is 5.87. The Hall–Kier alpha value is -1.96. The number of nitrogens with zero attached hydrogens (tertiary/aromatic N) is 4. The number of hydroxylamine groups is 2. The summed E-state index contributed by atoms with van der Waals surface area (Å²) in [6.45, 7) is -0.414. The molecule has 0 aliphatic rings. The first-order valence-corrected chi connectivity index (χ1v) is 5.70. The van der Waals surface area contributed by atoms with Gasteiger partial charge in [-0.15, -0.1) is 5.10 Å². The Balaban J connectivity index is 2.55. The number of amides is 1. The first-order valence-electron chi connectivity index (χ1n) is 5.32. The molecule has 2 N–H and O–H groups in total. The fourth-order valence-corrected chi connectivity index (χ4v) is 1.68. The molecule has 1 aromatic carbocycles. The van der Waals surface area contributed by atoms with E-state index in [4.69, 9.17) is 16.7 Å². The topological polar surface area (TPSA) is 91.5 Å². The van der Waals surface area contributed by atoms with E-state index in [-0.39, 0.29) is 11.6 Å². The molecule has 1 amide bonds. The van der Waals surface area contributed by atoms with Gasteiger partial charge in [-0.2, -0.15) is 0 Å². The van der Waals surface area contributed by atoms with Crippen LogP contribution in [0, 0.1) is 0 Å². The van der Waals surface area contributed by atoms with Crippen LogP contribution in [-0.2, 0) is 6.61 Å². The van der Waals surface area contributed by atoms with E-state index in [0.29, 0.717) is 15.8 Å². The van der Waals surface area contributed by atoms with Gasteiger partial charge in [0.05, 0.1) is 5.69 Å². The van der Waals surface area contributed by atoms with E-state index < -0.39 is 12.5 Å². The van der Waals surface area contributed by atoms with Gasteiger partial charge in [-0.1, -0.05) is 17.7 Å². The lowest BCUT2D eigenvalue weighted by Gasteiger charge is -2.09. The lowest BCUT2D eigenvalue weighted by molar-refractivity contribution is -0.0386. The maximum Gasteiger partial charge on any atom is 0.314 e. The highest BCUT2D eigenvalue weighted by atomic mass is 35.5. The molecule has 2 rings (SSSR count). The van der Waals surface area contributed by atoms with Crippen LogP contribution in [0.25, 0.3) is 5.69 Å². The van der Waals surface area contributed by atoms with Gasteiger partial charge in [0.2, 0.25) is 5.82 Å². The SMILES string of the molecule is CN(O)C(=O)c1nc(CO)nn1-c1cccc(Cl)c1. The zero-order valence-electron chi connectivity index (χ0n) is 9.99. The normalized spacial score (nSPS) is 10.5. The van der Waals surface area contributed by atoms with E-state index in [9.17, 15) is 10.0 Å². The van der Waals surface area contributed by atoms with E-state index in [1.54, 1.807) is 24.3 Å². The van der Waals surface area contributed by atoms with Crippen LogP contribution in [0.1, 0.15) is 16.4 Å². The predicted octanol–water partition coefficient (Wildman–Crippen LogP) is 0.874. The predicted molar refractivity (Wildman–Crippen MR) is 66.2 cm³/mol. The highest BCUT2D eigenvalue weighted by Crippen LogP contribution is 2.16. The molecular formula is C11H11ClN4O3. The molecular weight excluding hydrogens is 272 g/mol. The average Bonchev–Trinajstić information content (AvgIpc) is 2.81.